The van der Waals surface area contributed by atoms with Crippen LogP contribution in [0.25, 0.3) is 0 Å². The minimum atomic E-state index is -3.40. The Morgan fingerprint density at radius 3 is 2.17 bits per heavy atom. The van der Waals surface area contributed by atoms with E-state index in [1.165, 1.54) is 0 Å². The smallest absolute Gasteiger partial charge is 0.207 e. The molecule has 0 unspecified atom stereocenters. The molecule has 0 aliphatic heterocycles. The number of thiol groups is 1. The summed E-state index contributed by atoms with van der Waals surface area (Å²) in [5, 5.41) is 0. The zero-order valence-electron chi connectivity index (χ0n) is 10.1. The van der Waals surface area contributed by atoms with Gasteiger partial charge in [-0.2, -0.15) is 12.6 Å². The van der Waals surface area contributed by atoms with Gasteiger partial charge in [-0.3, -0.25) is 0 Å². The summed E-state index contributed by atoms with van der Waals surface area (Å²) >= 11 is 4.68. The summed E-state index contributed by atoms with van der Waals surface area (Å²) in [6.07, 6.45) is 4.68. The molecule has 3 nitrogen and oxygen atoms in total. The zero-order valence-corrected chi connectivity index (χ0v) is 11.8. The first-order chi connectivity index (χ1) is 8.43. The molecule has 0 saturated heterocycles. The minimum absolute atomic E-state index is 0.0548. The maximum absolute atomic E-state index is 12.3. The molecule has 1 aromatic rings. The molecule has 2 fully saturated rings. The summed E-state index contributed by atoms with van der Waals surface area (Å²) in [6.45, 7) is 0. The van der Waals surface area contributed by atoms with Gasteiger partial charge >= 0.3 is 0 Å². The lowest BCUT2D eigenvalue weighted by Crippen LogP contribution is -2.44. The van der Waals surface area contributed by atoms with Crippen molar-refractivity contribution in [1.82, 2.24) is 4.72 Å². The third-order valence-corrected chi connectivity index (χ3v) is 6.41. The van der Waals surface area contributed by atoms with Crippen LogP contribution in [0.1, 0.15) is 32.1 Å². The average molecular weight is 283 g/mol. The predicted octanol–water partition coefficient (Wildman–Crippen LogP) is 2.35. The second-order valence-electron chi connectivity index (χ2n) is 5.60. The molecule has 2 aliphatic rings. The first-order valence-corrected chi connectivity index (χ1v) is 8.18. The Morgan fingerprint density at radius 1 is 1.06 bits per heavy atom. The highest BCUT2D eigenvalue weighted by Crippen LogP contribution is 2.54. The first-order valence-electron chi connectivity index (χ1n) is 6.25. The lowest BCUT2D eigenvalue weighted by atomic mass is 9.95. The number of rotatable bonds is 3. The van der Waals surface area contributed by atoms with Gasteiger partial charge in [0.1, 0.15) is 0 Å². The van der Waals surface area contributed by atoms with Gasteiger partial charge in [0, 0.05) is 10.3 Å². The van der Waals surface area contributed by atoms with Crippen LogP contribution in [0.2, 0.25) is 0 Å². The summed E-state index contributed by atoms with van der Waals surface area (Å²) in [5.74, 6) is 0. The maximum atomic E-state index is 12.3. The largest absolute Gasteiger partial charge is 0.241 e. The van der Waals surface area contributed by atoms with Crippen molar-refractivity contribution in [2.45, 2.75) is 47.3 Å². The normalized spacial score (nSPS) is 34.9. The van der Waals surface area contributed by atoms with E-state index in [1.807, 2.05) is 6.07 Å². The van der Waals surface area contributed by atoms with Crippen molar-refractivity contribution < 1.29 is 8.42 Å². The van der Waals surface area contributed by atoms with Crippen molar-refractivity contribution in [3.63, 3.8) is 0 Å². The number of nitrogens with one attached hydrogen (secondary N) is 1. The second kappa shape index (κ2) is 3.99. The Bertz CT molecular complexity index is 546. The van der Waals surface area contributed by atoms with Crippen molar-refractivity contribution in [1.29, 1.82) is 0 Å². The van der Waals surface area contributed by atoms with E-state index < -0.39 is 10.0 Å². The van der Waals surface area contributed by atoms with E-state index in [0.29, 0.717) is 4.90 Å². The highest BCUT2D eigenvalue weighted by Gasteiger charge is 2.53. The van der Waals surface area contributed by atoms with Gasteiger partial charge in [0.25, 0.3) is 0 Å². The molecule has 18 heavy (non-hydrogen) atoms. The van der Waals surface area contributed by atoms with Gasteiger partial charge in [0.2, 0.25) is 10.0 Å². The van der Waals surface area contributed by atoms with Crippen molar-refractivity contribution in [2.24, 2.45) is 0 Å². The summed E-state index contributed by atoms with van der Waals surface area (Å²) in [5.41, 5.74) is -0.254. The Morgan fingerprint density at radius 2 is 1.67 bits per heavy atom. The molecule has 0 radical (unpaired) electrons. The lowest BCUT2D eigenvalue weighted by Gasteiger charge is -2.27. The van der Waals surface area contributed by atoms with Gasteiger partial charge < -0.3 is 0 Å². The van der Waals surface area contributed by atoms with Crippen LogP contribution in [-0.4, -0.2) is 18.7 Å². The van der Waals surface area contributed by atoms with Crippen molar-refractivity contribution in [2.75, 3.05) is 0 Å². The van der Waals surface area contributed by atoms with E-state index in [2.05, 4.69) is 17.4 Å². The van der Waals surface area contributed by atoms with E-state index in [0.717, 1.165) is 32.1 Å². The third kappa shape index (κ3) is 2.08. The topological polar surface area (TPSA) is 46.2 Å². The van der Waals surface area contributed by atoms with Crippen molar-refractivity contribution in [3.05, 3.63) is 30.3 Å². The van der Waals surface area contributed by atoms with E-state index >= 15 is 0 Å². The molecule has 0 atom stereocenters. The third-order valence-electron chi connectivity index (χ3n) is 4.21. The summed E-state index contributed by atoms with van der Waals surface area (Å²) < 4.78 is 27.7. The molecule has 2 aliphatic carbocycles. The van der Waals surface area contributed by atoms with Crippen LogP contribution in [0, 0.1) is 0 Å². The van der Waals surface area contributed by atoms with E-state index in [-0.39, 0.29) is 10.3 Å². The van der Waals surface area contributed by atoms with Gasteiger partial charge in [-0.1, -0.05) is 18.2 Å². The fraction of sp³-hybridized carbons (Fsp3) is 0.538. The summed E-state index contributed by atoms with van der Waals surface area (Å²) in [4.78, 5) is 0.350. The molecule has 2 saturated carbocycles. The van der Waals surface area contributed by atoms with Crippen LogP contribution in [0.15, 0.2) is 35.2 Å². The molecule has 5 heteroatoms. The lowest BCUT2D eigenvalue weighted by molar-refractivity contribution is 0.382. The molecule has 1 N–H and O–H groups in total. The first kappa shape index (κ1) is 12.5. The van der Waals surface area contributed by atoms with E-state index in [1.54, 1.807) is 24.3 Å². The average Bonchev–Trinajstić information content (AvgIpc) is 2.82. The van der Waals surface area contributed by atoms with Crippen LogP contribution < -0.4 is 4.72 Å². The fourth-order valence-electron chi connectivity index (χ4n) is 3.26. The quantitative estimate of drug-likeness (QED) is 0.837. The van der Waals surface area contributed by atoms with Gasteiger partial charge in [-0.05, 0) is 44.2 Å². The standard InChI is InChI=1S/C13H17NO2S2/c15-18(16,11-4-2-1-3-5-11)14-12-6-8-13(17,10-12)9-7-12/h1-5,14,17H,6-10H2. The molecule has 2 bridgehead atoms. The molecule has 0 spiro atoms. The number of hydrogen-bond acceptors (Lipinski definition) is 3. The highest BCUT2D eigenvalue weighted by molar-refractivity contribution is 7.89. The SMILES string of the molecule is O=S(=O)(NC12CCC(S)(CC1)C2)c1ccccc1. The molecule has 1 aromatic carbocycles. The molecule has 3 rings (SSSR count). The van der Waals surface area contributed by atoms with Gasteiger partial charge in [-0.25, -0.2) is 13.1 Å². The van der Waals surface area contributed by atoms with Gasteiger partial charge in [0.15, 0.2) is 0 Å². The van der Waals surface area contributed by atoms with Crippen LogP contribution >= 0.6 is 12.6 Å². The maximum Gasteiger partial charge on any atom is 0.241 e. The minimum Gasteiger partial charge on any atom is -0.207 e. The Labute approximate surface area is 113 Å². The number of fused-ring (bicyclic) bond motifs is 2. The zero-order chi connectivity index (χ0) is 12.9. The Balaban J connectivity index is 1.86. The highest BCUT2D eigenvalue weighted by atomic mass is 32.2. The molecule has 0 amide bonds. The molecule has 98 valence electrons. The van der Waals surface area contributed by atoms with Crippen molar-refractivity contribution in [3.8, 4) is 0 Å². The van der Waals surface area contributed by atoms with Crippen LogP contribution in [-0.2, 0) is 10.0 Å². The molecule has 0 aromatic heterocycles. The summed E-state index contributed by atoms with van der Waals surface area (Å²) in [6, 6.07) is 8.59. The Kier molecular flexibility index (Phi) is 2.77. The van der Waals surface area contributed by atoms with Gasteiger partial charge in [0.05, 0.1) is 4.90 Å². The predicted molar refractivity (Wildman–Crippen MR) is 74.3 cm³/mol. The number of sulfonamides is 1. The monoisotopic (exact) mass is 283 g/mol. The summed E-state index contributed by atoms with van der Waals surface area (Å²) in [7, 11) is -3.40. The number of benzene rings is 1. The van der Waals surface area contributed by atoms with Crippen LogP contribution in [0.3, 0.4) is 0 Å². The number of hydrogen-bond donors (Lipinski definition) is 2. The van der Waals surface area contributed by atoms with Crippen molar-refractivity contribution >= 4 is 22.7 Å². The van der Waals surface area contributed by atoms with Crippen LogP contribution in [0.5, 0.6) is 0 Å². The van der Waals surface area contributed by atoms with Crippen LogP contribution in [0.4, 0.5) is 0 Å². The molecule has 0 heterocycles. The second-order valence-corrected chi connectivity index (χ2v) is 8.23. The molecular formula is C13H17NO2S2. The fourth-order valence-corrected chi connectivity index (χ4v) is 5.27. The van der Waals surface area contributed by atoms with E-state index in [9.17, 15) is 8.42 Å². The van der Waals surface area contributed by atoms with E-state index in [4.69, 9.17) is 0 Å². The Hall–Kier alpha value is -0.520. The molecular weight excluding hydrogens is 266 g/mol. The van der Waals surface area contributed by atoms with Gasteiger partial charge in [-0.15, -0.1) is 0 Å².